The molecule has 1 aliphatic heterocycles. The smallest absolute Gasteiger partial charge is 0.410 e. The van der Waals surface area contributed by atoms with E-state index in [1.54, 1.807) is 24.2 Å². The van der Waals surface area contributed by atoms with E-state index >= 15 is 0 Å². The van der Waals surface area contributed by atoms with Gasteiger partial charge >= 0.3 is 6.09 Å². The zero-order chi connectivity index (χ0) is 19.9. The molecule has 1 saturated heterocycles. The summed E-state index contributed by atoms with van der Waals surface area (Å²) in [6.07, 6.45) is 3.84. The first-order chi connectivity index (χ1) is 13.4. The number of amides is 1. The summed E-state index contributed by atoms with van der Waals surface area (Å²) >= 11 is 0. The van der Waals surface area contributed by atoms with Gasteiger partial charge in [-0.3, -0.25) is 4.79 Å². The van der Waals surface area contributed by atoms with E-state index in [2.05, 4.69) is 0 Å². The van der Waals surface area contributed by atoms with Crippen LogP contribution in [0, 0.1) is 0 Å². The number of aliphatic hydroxyl groups excluding tert-OH is 1. The van der Waals surface area contributed by atoms with E-state index in [-0.39, 0.29) is 23.8 Å². The molecule has 3 atom stereocenters. The van der Waals surface area contributed by atoms with Gasteiger partial charge in [-0.2, -0.15) is 0 Å². The van der Waals surface area contributed by atoms with E-state index in [4.69, 9.17) is 4.74 Å². The molecule has 2 aromatic rings. The highest BCUT2D eigenvalue weighted by Gasteiger charge is 2.46. The average Bonchev–Trinajstić information content (AvgIpc) is 3.03. The van der Waals surface area contributed by atoms with Gasteiger partial charge in [0.15, 0.2) is 0 Å². The summed E-state index contributed by atoms with van der Waals surface area (Å²) in [7, 11) is 1.73. The van der Waals surface area contributed by atoms with Crippen molar-refractivity contribution < 1.29 is 14.6 Å². The molecular weight excluding hydrogens is 356 g/mol. The van der Waals surface area contributed by atoms with Gasteiger partial charge in [-0.1, -0.05) is 24.3 Å². The second-order valence-corrected chi connectivity index (χ2v) is 8.05. The fraction of sp³-hybridized carbons (Fsp3) is 0.455. The molecule has 2 heterocycles. The van der Waals surface area contributed by atoms with Crippen LogP contribution < -0.4 is 5.56 Å². The van der Waals surface area contributed by atoms with Crippen LogP contribution in [-0.2, 0) is 11.8 Å². The van der Waals surface area contributed by atoms with Crippen molar-refractivity contribution in [3.05, 3.63) is 58.5 Å². The van der Waals surface area contributed by atoms with Gasteiger partial charge in [0.1, 0.15) is 5.60 Å². The minimum absolute atomic E-state index is 0.0445. The normalized spacial score (nSPS) is 25.8. The standard InChI is InChI=1S/C22H26N2O4/c1-15(24-12-10-22(28-21(24)27)9-7-19(25)14-22)16-3-5-17(6-4-16)18-8-11-23(2)20(26)13-18/h3-6,8,11,13,15,19,25H,7,9-10,12,14H2,1-2H3/t15-,19-,22-/m0/s1. The van der Waals surface area contributed by atoms with Crippen LogP contribution in [0.15, 0.2) is 47.4 Å². The van der Waals surface area contributed by atoms with Crippen molar-refractivity contribution >= 4 is 6.09 Å². The number of aryl methyl sites for hydroxylation is 1. The third-order valence-electron chi connectivity index (χ3n) is 6.19. The van der Waals surface area contributed by atoms with E-state index in [9.17, 15) is 14.7 Å². The SMILES string of the molecule is C[C@@H](c1ccc(-c2ccn(C)c(=O)c2)cc1)N1CC[C@]2(CC[C@H](O)C2)OC1=O. The Balaban J connectivity index is 1.48. The molecule has 0 bridgehead atoms. The lowest BCUT2D eigenvalue weighted by Gasteiger charge is -2.41. The van der Waals surface area contributed by atoms with E-state index in [1.165, 1.54) is 4.57 Å². The molecule has 2 aliphatic rings. The fourth-order valence-electron chi connectivity index (χ4n) is 4.31. The molecule has 148 valence electrons. The maximum atomic E-state index is 12.6. The van der Waals surface area contributed by atoms with Crippen molar-refractivity contribution in [1.29, 1.82) is 0 Å². The number of aliphatic hydroxyl groups is 1. The molecule has 1 spiro atoms. The first kappa shape index (κ1) is 18.7. The summed E-state index contributed by atoms with van der Waals surface area (Å²) in [5, 5.41) is 9.81. The Morgan fingerprint density at radius 2 is 1.89 bits per heavy atom. The van der Waals surface area contributed by atoms with Gasteiger partial charge in [0, 0.05) is 38.7 Å². The van der Waals surface area contributed by atoms with Crippen LogP contribution in [0.1, 0.15) is 44.2 Å². The second-order valence-electron chi connectivity index (χ2n) is 8.05. The lowest BCUT2D eigenvalue weighted by atomic mass is 9.94. The number of ether oxygens (including phenoxy) is 1. The minimum Gasteiger partial charge on any atom is -0.443 e. The summed E-state index contributed by atoms with van der Waals surface area (Å²) in [6.45, 7) is 2.62. The molecule has 1 N–H and O–H groups in total. The van der Waals surface area contributed by atoms with Crippen LogP contribution in [0.3, 0.4) is 0 Å². The van der Waals surface area contributed by atoms with Crippen LogP contribution >= 0.6 is 0 Å². The molecule has 1 aliphatic carbocycles. The van der Waals surface area contributed by atoms with Crippen LogP contribution in [0.4, 0.5) is 4.79 Å². The summed E-state index contributed by atoms with van der Waals surface area (Å²) in [6, 6.07) is 11.4. The minimum atomic E-state index is -0.476. The van der Waals surface area contributed by atoms with E-state index in [1.807, 2.05) is 37.3 Å². The summed E-state index contributed by atoms with van der Waals surface area (Å²) in [5.41, 5.74) is 2.34. The quantitative estimate of drug-likeness (QED) is 0.885. The summed E-state index contributed by atoms with van der Waals surface area (Å²) < 4.78 is 7.31. The van der Waals surface area contributed by atoms with Crippen molar-refractivity contribution in [3.63, 3.8) is 0 Å². The number of carbonyl (C=O) groups excluding carboxylic acids is 1. The first-order valence-corrected chi connectivity index (χ1v) is 9.82. The predicted molar refractivity (Wildman–Crippen MR) is 106 cm³/mol. The van der Waals surface area contributed by atoms with Gasteiger partial charge in [-0.15, -0.1) is 0 Å². The van der Waals surface area contributed by atoms with Gasteiger partial charge in [0.05, 0.1) is 12.1 Å². The van der Waals surface area contributed by atoms with E-state index in [0.717, 1.165) is 29.5 Å². The molecule has 1 aromatic carbocycles. The van der Waals surface area contributed by atoms with Crippen LogP contribution in [0.2, 0.25) is 0 Å². The molecule has 2 fully saturated rings. The molecule has 0 unspecified atom stereocenters. The number of carbonyl (C=O) groups is 1. The van der Waals surface area contributed by atoms with Crippen LogP contribution in [0.25, 0.3) is 11.1 Å². The third kappa shape index (κ3) is 3.44. The van der Waals surface area contributed by atoms with Gasteiger partial charge in [-0.05, 0) is 42.5 Å². The third-order valence-corrected chi connectivity index (χ3v) is 6.19. The highest BCUT2D eigenvalue weighted by atomic mass is 16.6. The Morgan fingerprint density at radius 1 is 1.14 bits per heavy atom. The molecule has 0 radical (unpaired) electrons. The van der Waals surface area contributed by atoms with Crippen molar-refractivity contribution in [2.45, 2.75) is 50.4 Å². The van der Waals surface area contributed by atoms with Gasteiger partial charge in [-0.25, -0.2) is 4.79 Å². The largest absolute Gasteiger partial charge is 0.443 e. The molecule has 1 amide bonds. The lowest BCUT2D eigenvalue weighted by molar-refractivity contribution is -0.0572. The van der Waals surface area contributed by atoms with Gasteiger partial charge in [0.25, 0.3) is 5.56 Å². The second kappa shape index (κ2) is 7.09. The lowest BCUT2D eigenvalue weighted by Crippen LogP contribution is -2.49. The Morgan fingerprint density at radius 3 is 2.50 bits per heavy atom. The number of hydrogen-bond donors (Lipinski definition) is 1. The maximum absolute atomic E-state index is 12.6. The molecule has 6 heteroatoms. The number of pyridine rings is 1. The predicted octanol–water partition coefficient (Wildman–Crippen LogP) is 3.24. The summed E-state index contributed by atoms with van der Waals surface area (Å²) in [5.74, 6) is 0. The topological polar surface area (TPSA) is 71.8 Å². The first-order valence-electron chi connectivity index (χ1n) is 9.82. The molecular formula is C22H26N2O4. The Bertz CT molecular complexity index is 936. The zero-order valence-electron chi connectivity index (χ0n) is 16.3. The summed E-state index contributed by atoms with van der Waals surface area (Å²) in [4.78, 5) is 26.2. The monoisotopic (exact) mass is 382 g/mol. The number of hydrogen-bond acceptors (Lipinski definition) is 4. The number of nitrogens with zero attached hydrogens (tertiary/aromatic N) is 2. The van der Waals surface area contributed by atoms with E-state index in [0.29, 0.717) is 19.4 Å². The van der Waals surface area contributed by atoms with Crippen molar-refractivity contribution in [2.24, 2.45) is 7.05 Å². The molecule has 6 nitrogen and oxygen atoms in total. The Hall–Kier alpha value is -2.60. The molecule has 1 aromatic heterocycles. The number of rotatable bonds is 3. The van der Waals surface area contributed by atoms with Crippen molar-refractivity contribution in [1.82, 2.24) is 9.47 Å². The number of benzene rings is 1. The Labute approximate surface area is 164 Å². The van der Waals surface area contributed by atoms with Crippen molar-refractivity contribution in [2.75, 3.05) is 6.54 Å². The number of aromatic nitrogens is 1. The molecule has 28 heavy (non-hydrogen) atoms. The molecule has 1 saturated carbocycles. The molecule has 4 rings (SSSR count). The Kier molecular flexibility index (Phi) is 4.75. The average molecular weight is 382 g/mol. The van der Waals surface area contributed by atoms with E-state index < -0.39 is 5.60 Å². The maximum Gasteiger partial charge on any atom is 0.410 e. The van der Waals surface area contributed by atoms with Gasteiger partial charge in [0.2, 0.25) is 0 Å². The fourth-order valence-corrected chi connectivity index (χ4v) is 4.31. The highest BCUT2D eigenvalue weighted by molar-refractivity contribution is 5.70. The van der Waals surface area contributed by atoms with Crippen LogP contribution in [-0.4, -0.2) is 38.9 Å². The van der Waals surface area contributed by atoms with Gasteiger partial charge < -0.3 is 19.3 Å². The van der Waals surface area contributed by atoms with Crippen LogP contribution in [0.5, 0.6) is 0 Å². The van der Waals surface area contributed by atoms with Crippen molar-refractivity contribution in [3.8, 4) is 11.1 Å². The zero-order valence-corrected chi connectivity index (χ0v) is 16.3. The highest BCUT2D eigenvalue weighted by Crippen LogP contribution is 2.41.